The summed E-state index contributed by atoms with van der Waals surface area (Å²) in [5, 5.41) is 5.77. The second kappa shape index (κ2) is 6.23. The van der Waals surface area contributed by atoms with Crippen LogP contribution in [0.25, 0.3) is 0 Å². The topological polar surface area (TPSA) is 41.1 Å². The predicted molar refractivity (Wildman–Crippen MR) is 75.5 cm³/mol. The Bertz CT molecular complexity index is 452. The third-order valence-electron chi connectivity index (χ3n) is 2.52. The normalized spacial score (nSPS) is 10.8. The van der Waals surface area contributed by atoms with Gasteiger partial charge >= 0.3 is 0 Å². The van der Waals surface area contributed by atoms with Crippen molar-refractivity contribution in [2.24, 2.45) is 0 Å². The molecule has 0 aliphatic rings. The maximum Gasteiger partial charge on any atom is 0.238 e. The number of hydrogen-bond donors (Lipinski definition) is 2. The van der Waals surface area contributed by atoms with Crippen molar-refractivity contribution in [3.8, 4) is 12.3 Å². The first-order chi connectivity index (χ1) is 8.45. The first kappa shape index (κ1) is 14.3. The molecule has 0 unspecified atom stereocenters. The van der Waals surface area contributed by atoms with Crippen LogP contribution in [0.5, 0.6) is 0 Å². The van der Waals surface area contributed by atoms with E-state index in [4.69, 9.17) is 6.42 Å². The van der Waals surface area contributed by atoms with Gasteiger partial charge in [-0.3, -0.25) is 10.1 Å². The molecule has 0 radical (unpaired) electrons. The average molecular weight is 244 g/mol. The minimum atomic E-state index is -0.0815. The minimum absolute atomic E-state index is 0.00385. The number of nitrogens with one attached hydrogen (secondary N) is 2. The van der Waals surface area contributed by atoms with Gasteiger partial charge in [0.25, 0.3) is 0 Å². The smallest absolute Gasteiger partial charge is 0.238 e. The Balaban J connectivity index is 2.73. The van der Waals surface area contributed by atoms with Crippen molar-refractivity contribution in [1.29, 1.82) is 0 Å². The number of carbonyl (C=O) groups excluding carboxylic acids is 1. The van der Waals surface area contributed by atoms with Gasteiger partial charge in [0, 0.05) is 5.69 Å². The third kappa shape index (κ3) is 4.23. The molecule has 0 aliphatic carbocycles. The molecule has 0 fully saturated rings. The van der Waals surface area contributed by atoms with Crippen molar-refractivity contribution in [1.82, 2.24) is 5.32 Å². The lowest BCUT2D eigenvalue weighted by atomic mass is 9.86. The molecular formula is C15H20N2O. The molecule has 0 spiro atoms. The van der Waals surface area contributed by atoms with Crippen LogP contribution in [0.1, 0.15) is 26.3 Å². The molecule has 0 aromatic heterocycles. The summed E-state index contributed by atoms with van der Waals surface area (Å²) in [6.45, 7) is 6.98. The molecule has 18 heavy (non-hydrogen) atoms. The highest BCUT2D eigenvalue weighted by molar-refractivity contribution is 5.93. The van der Waals surface area contributed by atoms with Crippen LogP contribution in [0.15, 0.2) is 24.3 Å². The molecular weight excluding hydrogens is 224 g/mol. The molecule has 0 saturated carbocycles. The SMILES string of the molecule is C#CCNCC(=O)Nc1ccccc1C(C)(C)C. The highest BCUT2D eigenvalue weighted by atomic mass is 16.1. The highest BCUT2D eigenvalue weighted by Crippen LogP contribution is 2.28. The van der Waals surface area contributed by atoms with Crippen LogP contribution in [-0.2, 0) is 10.2 Å². The third-order valence-corrected chi connectivity index (χ3v) is 2.52. The fourth-order valence-electron chi connectivity index (χ4n) is 1.69. The molecule has 96 valence electrons. The summed E-state index contributed by atoms with van der Waals surface area (Å²) < 4.78 is 0. The lowest BCUT2D eigenvalue weighted by Crippen LogP contribution is -2.29. The molecule has 2 N–H and O–H groups in total. The van der Waals surface area contributed by atoms with E-state index in [1.807, 2.05) is 24.3 Å². The van der Waals surface area contributed by atoms with Gasteiger partial charge in [-0.1, -0.05) is 44.9 Å². The van der Waals surface area contributed by atoms with E-state index in [1.165, 1.54) is 0 Å². The zero-order valence-corrected chi connectivity index (χ0v) is 11.2. The second-order valence-corrected chi connectivity index (χ2v) is 5.15. The number of anilines is 1. The lowest BCUT2D eigenvalue weighted by Gasteiger charge is -2.23. The van der Waals surface area contributed by atoms with Crippen LogP contribution >= 0.6 is 0 Å². The van der Waals surface area contributed by atoms with Crippen molar-refractivity contribution in [2.75, 3.05) is 18.4 Å². The van der Waals surface area contributed by atoms with Gasteiger partial charge in [-0.05, 0) is 17.0 Å². The van der Waals surface area contributed by atoms with Crippen molar-refractivity contribution in [3.63, 3.8) is 0 Å². The summed E-state index contributed by atoms with van der Waals surface area (Å²) in [5.74, 6) is 2.35. The Morgan fingerprint density at radius 3 is 2.61 bits per heavy atom. The molecule has 1 aromatic rings. The van der Waals surface area contributed by atoms with Gasteiger partial charge in [-0.25, -0.2) is 0 Å². The van der Waals surface area contributed by atoms with Crippen molar-refractivity contribution >= 4 is 11.6 Å². The van der Waals surface area contributed by atoms with Gasteiger partial charge in [-0.2, -0.15) is 0 Å². The van der Waals surface area contributed by atoms with Crippen LogP contribution in [0, 0.1) is 12.3 Å². The first-order valence-electron chi connectivity index (χ1n) is 5.98. The van der Waals surface area contributed by atoms with E-state index < -0.39 is 0 Å². The Kier molecular flexibility index (Phi) is 4.94. The Labute approximate surface area is 109 Å². The predicted octanol–water partition coefficient (Wildman–Crippen LogP) is 2.15. The van der Waals surface area contributed by atoms with Crippen molar-refractivity contribution in [3.05, 3.63) is 29.8 Å². The standard InChI is InChI=1S/C15H20N2O/c1-5-10-16-11-14(18)17-13-9-7-6-8-12(13)15(2,3)4/h1,6-9,16H,10-11H2,2-4H3,(H,17,18). The van der Waals surface area contributed by atoms with E-state index in [2.05, 4.69) is 37.3 Å². The summed E-state index contributed by atoms with van der Waals surface area (Å²) >= 11 is 0. The van der Waals surface area contributed by atoms with Gasteiger partial charge in [0.05, 0.1) is 13.1 Å². The second-order valence-electron chi connectivity index (χ2n) is 5.15. The summed E-state index contributed by atoms with van der Waals surface area (Å²) in [6.07, 6.45) is 5.10. The molecule has 1 rings (SSSR count). The molecule has 0 heterocycles. The lowest BCUT2D eigenvalue weighted by molar-refractivity contribution is -0.115. The summed E-state index contributed by atoms with van der Waals surface area (Å²) in [7, 11) is 0. The van der Waals surface area contributed by atoms with Crippen LogP contribution in [0.3, 0.4) is 0 Å². The van der Waals surface area contributed by atoms with Gasteiger partial charge in [0.1, 0.15) is 0 Å². The molecule has 0 atom stereocenters. The molecule has 1 amide bonds. The van der Waals surface area contributed by atoms with Gasteiger partial charge in [0.15, 0.2) is 0 Å². The van der Waals surface area contributed by atoms with E-state index in [9.17, 15) is 4.79 Å². The van der Waals surface area contributed by atoms with Crippen molar-refractivity contribution in [2.45, 2.75) is 26.2 Å². The number of para-hydroxylation sites is 1. The largest absolute Gasteiger partial charge is 0.325 e. The first-order valence-corrected chi connectivity index (χ1v) is 5.98. The van der Waals surface area contributed by atoms with E-state index >= 15 is 0 Å². The summed E-state index contributed by atoms with van der Waals surface area (Å²) in [5.41, 5.74) is 1.98. The molecule has 3 heteroatoms. The van der Waals surface area contributed by atoms with Gasteiger partial charge < -0.3 is 5.32 Å². The molecule has 0 bridgehead atoms. The van der Waals surface area contributed by atoms with Crippen LogP contribution < -0.4 is 10.6 Å². The maximum absolute atomic E-state index is 11.7. The van der Waals surface area contributed by atoms with E-state index in [0.717, 1.165) is 11.3 Å². The highest BCUT2D eigenvalue weighted by Gasteiger charge is 2.18. The van der Waals surface area contributed by atoms with Crippen LogP contribution in [0.4, 0.5) is 5.69 Å². The molecule has 0 aliphatic heterocycles. The molecule has 1 aromatic carbocycles. The molecule has 0 saturated heterocycles. The fraction of sp³-hybridized carbons (Fsp3) is 0.400. The van der Waals surface area contributed by atoms with Crippen LogP contribution in [0.2, 0.25) is 0 Å². The average Bonchev–Trinajstić information content (AvgIpc) is 2.28. The fourth-order valence-corrected chi connectivity index (χ4v) is 1.69. The van der Waals surface area contributed by atoms with E-state index in [0.29, 0.717) is 6.54 Å². The monoisotopic (exact) mass is 244 g/mol. The Morgan fingerprint density at radius 2 is 2.00 bits per heavy atom. The zero-order chi connectivity index (χ0) is 13.6. The zero-order valence-electron chi connectivity index (χ0n) is 11.2. The number of hydrogen-bond acceptors (Lipinski definition) is 2. The Hall–Kier alpha value is -1.79. The van der Waals surface area contributed by atoms with Gasteiger partial charge in [0.2, 0.25) is 5.91 Å². The minimum Gasteiger partial charge on any atom is -0.325 e. The number of amides is 1. The maximum atomic E-state index is 11.7. The number of rotatable bonds is 4. The van der Waals surface area contributed by atoms with E-state index in [1.54, 1.807) is 0 Å². The number of carbonyl (C=O) groups is 1. The summed E-state index contributed by atoms with van der Waals surface area (Å²) in [6, 6.07) is 7.84. The number of terminal acetylenes is 1. The molecule has 3 nitrogen and oxygen atoms in total. The van der Waals surface area contributed by atoms with Crippen LogP contribution in [-0.4, -0.2) is 19.0 Å². The quantitative estimate of drug-likeness (QED) is 0.629. The van der Waals surface area contributed by atoms with Gasteiger partial charge in [-0.15, -0.1) is 6.42 Å². The summed E-state index contributed by atoms with van der Waals surface area (Å²) in [4.78, 5) is 11.7. The van der Waals surface area contributed by atoms with E-state index in [-0.39, 0.29) is 17.9 Å². The Morgan fingerprint density at radius 1 is 1.33 bits per heavy atom. The number of benzene rings is 1. The van der Waals surface area contributed by atoms with Crippen molar-refractivity contribution < 1.29 is 4.79 Å².